The van der Waals surface area contributed by atoms with Gasteiger partial charge < -0.3 is 4.74 Å². The highest BCUT2D eigenvalue weighted by Gasteiger charge is 2.61. The minimum absolute atomic E-state index is 0.0913. The second kappa shape index (κ2) is 5.36. The summed E-state index contributed by atoms with van der Waals surface area (Å²) < 4.78 is 5.37. The smallest absolute Gasteiger partial charge is 0.305 e. The molecular weight excluding hydrogens is 236 g/mol. The van der Waals surface area contributed by atoms with E-state index in [0.29, 0.717) is 30.8 Å². The Kier molecular flexibility index (Phi) is 3.98. The number of hydrogen-bond acceptors (Lipinski definition) is 2. The highest BCUT2D eigenvalue weighted by molar-refractivity contribution is 5.68. The zero-order valence-electron chi connectivity index (χ0n) is 12.3. The first kappa shape index (κ1) is 14.1. The minimum Gasteiger partial charge on any atom is -0.465 e. The Balaban J connectivity index is 2.01. The second-order valence-corrected chi connectivity index (χ2v) is 6.03. The molecule has 0 aliphatic heterocycles. The molecule has 1 aromatic carbocycles. The van der Waals surface area contributed by atoms with Crippen LogP contribution in [0.5, 0.6) is 0 Å². The van der Waals surface area contributed by atoms with Crippen molar-refractivity contribution in [3.8, 4) is 0 Å². The van der Waals surface area contributed by atoms with E-state index in [-0.39, 0.29) is 11.4 Å². The normalized spacial score (nSPS) is 30.7. The van der Waals surface area contributed by atoms with E-state index in [1.807, 2.05) is 6.92 Å². The molecule has 4 atom stereocenters. The summed E-state index contributed by atoms with van der Waals surface area (Å²) in [6.45, 7) is 9.19. The average Bonchev–Trinajstić information content (AvgIpc) is 2.98. The van der Waals surface area contributed by atoms with Crippen LogP contribution in [0.3, 0.4) is 0 Å². The van der Waals surface area contributed by atoms with Crippen molar-refractivity contribution in [2.24, 2.45) is 17.3 Å². The summed E-state index contributed by atoms with van der Waals surface area (Å²) in [5.41, 5.74) is 1.52. The van der Waals surface area contributed by atoms with Crippen LogP contribution in [0.2, 0.25) is 0 Å². The van der Waals surface area contributed by atoms with Gasteiger partial charge in [-0.15, -0.1) is 0 Å². The molecule has 1 fully saturated rings. The van der Waals surface area contributed by atoms with E-state index in [9.17, 15) is 4.79 Å². The van der Waals surface area contributed by atoms with Crippen LogP contribution in [-0.4, -0.2) is 12.6 Å². The maximum atomic E-state index is 11.3. The topological polar surface area (TPSA) is 26.3 Å². The van der Waals surface area contributed by atoms with Gasteiger partial charge >= 0.3 is 5.97 Å². The molecule has 2 nitrogen and oxygen atoms in total. The SMILES string of the molecule is CCC(=O)OCC1(C)C([C@@H](C)c2ccccc2)[C@@H]1C. The quantitative estimate of drug-likeness (QED) is 0.748. The van der Waals surface area contributed by atoms with Gasteiger partial charge in [-0.05, 0) is 23.3 Å². The lowest BCUT2D eigenvalue weighted by Gasteiger charge is -2.16. The fourth-order valence-electron chi connectivity index (χ4n) is 3.37. The van der Waals surface area contributed by atoms with Gasteiger partial charge in [0, 0.05) is 11.8 Å². The maximum Gasteiger partial charge on any atom is 0.305 e. The van der Waals surface area contributed by atoms with Crippen molar-refractivity contribution >= 4 is 5.97 Å². The molecule has 0 spiro atoms. The van der Waals surface area contributed by atoms with Crippen molar-refractivity contribution in [1.82, 2.24) is 0 Å². The summed E-state index contributed by atoms with van der Waals surface area (Å²) in [7, 11) is 0. The van der Waals surface area contributed by atoms with Gasteiger partial charge in [0.05, 0.1) is 6.61 Å². The highest BCUT2D eigenvalue weighted by Crippen LogP contribution is 2.64. The number of ether oxygens (including phenoxy) is 1. The molecule has 104 valence electrons. The van der Waals surface area contributed by atoms with Crippen molar-refractivity contribution in [3.05, 3.63) is 35.9 Å². The zero-order chi connectivity index (χ0) is 14.0. The third-order valence-corrected chi connectivity index (χ3v) is 4.93. The van der Waals surface area contributed by atoms with Crippen LogP contribution in [0.4, 0.5) is 0 Å². The van der Waals surface area contributed by atoms with Crippen molar-refractivity contribution in [3.63, 3.8) is 0 Å². The molecule has 0 saturated heterocycles. The molecular formula is C17H24O2. The van der Waals surface area contributed by atoms with Crippen LogP contribution in [0.1, 0.15) is 45.6 Å². The number of carbonyl (C=O) groups excluding carboxylic acids is 1. The van der Waals surface area contributed by atoms with Crippen LogP contribution in [0, 0.1) is 17.3 Å². The van der Waals surface area contributed by atoms with Crippen LogP contribution >= 0.6 is 0 Å². The number of esters is 1. The van der Waals surface area contributed by atoms with Gasteiger partial charge in [0.1, 0.15) is 0 Å². The summed E-state index contributed by atoms with van der Waals surface area (Å²) in [6.07, 6.45) is 0.462. The second-order valence-electron chi connectivity index (χ2n) is 6.03. The molecule has 0 aromatic heterocycles. The summed E-state index contributed by atoms with van der Waals surface area (Å²) in [4.78, 5) is 11.3. The van der Waals surface area contributed by atoms with Crippen molar-refractivity contribution in [2.75, 3.05) is 6.61 Å². The van der Waals surface area contributed by atoms with E-state index in [1.165, 1.54) is 5.56 Å². The molecule has 0 heterocycles. The van der Waals surface area contributed by atoms with Gasteiger partial charge in [-0.3, -0.25) is 4.79 Å². The van der Waals surface area contributed by atoms with E-state index in [2.05, 4.69) is 51.1 Å². The fourth-order valence-corrected chi connectivity index (χ4v) is 3.37. The lowest BCUT2D eigenvalue weighted by Crippen LogP contribution is -2.16. The third-order valence-electron chi connectivity index (χ3n) is 4.93. The van der Waals surface area contributed by atoms with E-state index in [1.54, 1.807) is 0 Å². The van der Waals surface area contributed by atoms with E-state index >= 15 is 0 Å². The van der Waals surface area contributed by atoms with E-state index in [4.69, 9.17) is 4.74 Å². The zero-order valence-corrected chi connectivity index (χ0v) is 12.3. The molecule has 1 aromatic rings. The van der Waals surface area contributed by atoms with Crippen molar-refractivity contribution in [2.45, 2.75) is 40.0 Å². The highest BCUT2D eigenvalue weighted by atomic mass is 16.5. The minimum atomic E-state index is -0.0913. The standard InChI is InChI=1S/C17H24O2/c1-5-15(18)19-11-17(4)13(3)16(17)12(2)14-9-7-6-8-10-14/h6-10,12-13,16H,5,11H2,1-4H3/t12-,13-,16?,17?/m0/s1. The van der Waals surface area contributed by atoms with Crippen molar-refractivity contribution < 1.29 is 9.53 Å². The molecule has 1 aliphatic rings. The number of carbonyl (C=O) groups is 1. The Morgan fingerprint density at radius 2 is 2.00 bits per heavy atom. The van der Waals surface area contributed by atoms with Crippen molar-refractivity contribution in [1.29, 1.82) is 0 Å². The Morgan fingerprint density at radius 1 is 1.37 bits per heavy atom. The summed E-state index contributed by atoms with van der Waals surface area (Å²) in [5, 5.41) is 0. The first-order valence-electron chi connectivity index (χ1n) is 7.21. The predicted octanol–water partition coefficient (Wildman–Crippen LogP) is 4.02. The largest absolute Gasteiger partial charge is 0.465 e. The number of rotatable bonds is 5. The van der Waals surface area contributed by atoms with Gasteiger partial charge in [-0.25, -0.2) is 0 Å². The average molecular weight is 260 g/mol. The molecule has 19 heavy (non-hydrogen) atoms. The molecule has 0 radical (unpaired) electrons. The Bertz CT molecular complexity index is 440. The maximum absolute atomic E-state index is 11.3. The molecule has 0 N–H and O–H groups in total. The lowest BCUT2D eigenvalue weighted by molar-refractivity contribution is -0.145. The Morgan fingerprint density at radius 3 is 2.58 bits per heavy atom. The van der Waals surface area contributed by atoms with Crippen LogP contribution in [-0.2, 0) is 9.53 Å². The molecule has 2 heteroatoms. The monoisotopic (exact) mass is 260 g/mol. The molecule has 0 bridgehead atoms. The summed E-state index contributed by atoms with van der Waals surface area (Å²) in [5.74, 6) is 1.62. The number of benzene rings is 1. The molecule has 1 aliphatic carbocycles. The fraction of sp³-hybridized carbons (Fsp3) is 0.588. The van der Waals surface area contributed by atoms with E-state index in [0.717, 1.165) is 0 Å². The third kappa shape index (κ3) is 2.68. The van der Waals surface area contributed by atoms with Crippen LogP contribution in [0.25, 0.3) is 0 Å². The first-order valence-corrected chi connectivity index (χ1v) is 7.21. The van der Waals surface area contributed by atoms with Gasteiger partial charge in [-0.1, -0.05) is 58.0 Å². The Hall–Kier alpha value is -1.31. The van der Waals surface area contributed by atoms with Gasteiger partial charge in [0.2, 0.25) is 0 Å². The van der Waals surface area contributed by atoms with Gasteiger partial charge in [0.15, 0.2) is 0 Å². The van der Waals surface area contributed by atoms with Crippen LogP contribution < -0.4 is 0 Å². The van der Waals surface area contributed by atoms with E-state index < -0.39 is 0 Å². The summed E-state index contributed by atoms with van der Waals surface area (Å²) >= 11 is 0. The predicted molar refractivity (Wildman–Crippen MR) is 76.9 cm³/mol. The molecule has 1 saturated carbocycles. The van der Waals surface area contributed by atoms with Gasteiger partial charge in [0.25, 0.3) is 0 Å². The lowest BCUT2D eigenvalue weighted by atomic mass is 9.91. The summed E-state index contributed by atoms with van der Waals surface area (Å²) in [6, 6.07) is 10.6. The first-order chi connectivity index (χ1) is 9.00. The molecule has 0 amide bonds. The number of hydrogen-bond donors (Lipinski definition) is 0. The molecule has 2 rings (SSSR count). The van der Waals surface area contributed by atoms with Gasteiger partial charge in [-0.2, -0.15) is 0 Å². The molecule has 2 unspecified atom stereocenters. The van der Waals surface area contributed by atoms with Crippen LogP contribution in [0.15, 0.2) is 30.3 Å². The Labute approximate surface area is 116 Å².